The third-order valence-corrected chi connectivity index (χ3v) is 6.59. The minimum Gasteiger partial charge on any atom is -0.444 e. The summed E-state index contributed by atoms with van der Waals surface area (Å²) in [6.07, 6.45) is -6.26. The second kappa shape index (κ2) is 11.8. The number of halogens is 5. The van der Waals surface area contributed by atoms with Gasteiger partial charge in [0.1, 0.15) is 23.3 Å². The smallest absolute Gasteiger partial charge is 0.416 e. The van der Waals surface area contributed by atoms with E-state index in [0.717, 1.165) is 23.8 Å². The van der Waals surface area contributed by atoms with Crippen molar-refractivity contribution in [1.29, 1.82) is 0 Å². The van der Waals surface area contributed by atoms with E-state index in [0.29, 0.717) is 5.69 Å². The van der Waals surface area contributed by atoms with Gasteiger partial charge in [0, 0.05) is 42.7 Å². The molecule has 1 amide bonds. The molecule has 2 aliphatic heterocycles. The number of nitrogens with zero attached hydrogens (tertiary/aromatic N) is 3. The summed E-state index contributed by atoms with van der Waals surface area (Å²) < 4.78 is 83.8. The maximum absolute atomic E-state index is 14.7. The van der Waals surface area contributed by atoms with E-state index in [9.17, 15) is 26.7 Å². The average Bonchev–Trinajstić information content (AvgIpc) is 3.39. The summed E-state index contributed by atoms with van der Waals surface area (Å²) in [5, 5.41) is 6.91. The van der Waals surface area contributed by atoms with E-state index in [2.05, 4.69) is 10.4 Å². The second-order valence-corrected chi connectivity index (χ2v) is 10.6. The Balaban J connectivity index is 0.00000195. The minimum atomic E-state index is -4.80. The van der Waals surface area contributed by atoms with Crippen molar-refractivity contribution in [3.05, 3.63) is 52.9 Å². The maximum atomic E-state index is 14.7. The number of rotatable bonds is 4. The van der Waals surface area contributed by atoms with Crippen molar-refractivity contribution in [3.63, 3.8) is 0 Å². The number of benzene rings is 1. The number of alkyl halides is 3. The summed E-state index contributed by atoms with van der Waals surface area (Å²) in [6, 6.07) is 0.122. The fourth-order valence-corrected chi connectivity index (χ4v) is 5.00. The van der Waals surface area contributed by atoms with Gasteiger partial charge in [-0.2, -0.15) is 18.3 Å². The lowest BCUT2D eigenvalue weighted by atomic mass is 9.88. The molecule has 1 aromatic carbocycles. The molecular formula is C25H33F5N4O3S. The van der Waals surface area contributed by atoms with E-state index in [1.165, 1.54) is 11.9 Å². The molecule has 2 aliphatic rings. The molecule has 212 valence electrons. The molecular weight excluding hydrogens is 531 g/mol. The molecule has 1 N–H and O–H groups in total. The number of aromatic nitrogens is 2. The number of nitrogens with one attached hydrogen (secondary N) is 1. The first kappa shape index (κ1) is 30.2. The van der Waals surface area contributed by atoms with Crippen LogP contribution < -0.4 is 5.32 Å². The van der Waals surface area contributed by atoms with E-state index in [1.54, 1.807) is 36.0 Å². The Morgan fingerprint density at radius 1 is 1.18 bits per heavy atom. The Bertz CT molecular complexity index is 1100. The number of fused-ring (bicyclic) bond motifs is 1. The van der Waals surface area contributed by atoms with Gasteiger partial charge in [-0.05, 0) is 57.3 Å². The standard InChI is InChI=1S/C23H27F5N4O3S.C2H6/c1-22(2,3)35-21(33)29-16-8-18(31-9-12-10-32(36-4)30-17(12)11-31)20(23(26,27)28)34-19(16)14-7-13(24)5-6-15(14)25;1-2/h5-7,10,16,18-20H,8-9,11H2,1-4H3,(H,29,33);1-2H3/t16?,18?,19-,20?;/m1./s1. The van der Waals surface area contributed by atoms with Crippen molar-refractivity contribution in [3.8, 4) is 0 Å². The summed E-state index contributed by atoms with van der Waals surface area (Å²) in [6.45, 7) is 9.25. The lowest BCUT2D eigenvalue weighted by Crippen LogP contribution is -2.59. The highest BCUT2D eigenvalue weighted by atomic mass is 32.2. The van der Waals surface area contributed by atoms with Crippen molar-refractivity contribution >= 4 is 18.0 Å². The first-order chi connectivity index (χ1) is 17.7. The molecule has 0 radical (unpaired) electrons. The SMILES string of the molecule is CC.CSn1cc2c(n1)CN(C1CC(NC(=O)OC(C)(C)C)[C@@H](c3cc(F)ccc3F)OC1C(F)(F)F)C2. The molecule has 4 rings (SSSR count). The predicted octanol–water partition coefficient (Wildman–Crippen LogP) is 5.98. The van der Waals surface area contributed by atoms with Gasteiger partial charge in [0.15, 0.2) is 6.10 Å². The molecule has 1 saturated heterocycles. The van der Waals surface area contributed by atoms with Crippen LogP contribution in [0.25, 0.3) is 0 Å². The second-order valence-electron chi connectivity index (χ2n) is 9.83. The minimum absolute atomic E-state index is 0.154. The number of amides is 1. The average molecular weight is 565 g/mol. The predicted molar refractivity (Wildman–Crippen MR) is 133 cm³/mol. The van der Waals surface area contributed by atoms with Gasteiger partial charge in [-0.3, -0.25) is 4.90 Å². The van der Waals surface area contributed by atoms with E-state index < -0.39 is 59.4 Å². The Kier molecular flexibility index (Phi) is 9.36. The zero-order valence-corrected chi connectivity index (χ0v) is 22.9. The van der Waals surface area contributed by atoms with Crippen molar-refractivity contribution in [2.45, 2.75) is 90.2 Å². The topological polar surface area (TPSA) is 68.6 Å². The number of carbonyl (C=O) groups is 1. The van der Waals surface area contributed by atoms with Gasteiger partial charge in [-0.15, -0.1) is 0 Å². The first-order valence-electron chi connectivity index (χ1n) is 12.3. The van der Waals surface area contributed by atoms with Gasteiger partial charge >= 0.3 is 12.3 Å². The molecule has 0 aliphatic carbocycles. The zero-order chi connectivity index (χ0) is 28.4. The number of carbonyl (C=O) groups excluding carboxylic acids is 1. The van der Waals surface area contributed by atoms with Crippen LogP contribution in [-0.2, 0) is 22.6 Å². The van der Waals surface area contributed by atoms with Crippen LogP contribution in [0.3, 0.4) is 0 Å². The van der Waals surface area contributed by atoms with E-state index in [1.807, 2.05) is 20.1 Å². The summed E-state index contributed by atoms with van der Waals surface area (Å²) in [7, 11) is 0. The molecule has 4 atom stereocenters. The highest BCUT2D eigenvalue weighted by molar-refractivity contribution is 7.97. The van der Waals surface area contributed by atoms with Crippen LogP contribution in [0.1, 0.15) is 64.0 Å². The van der Waals surface area contributed by atoms with Crippen LogP contribution in [0.15, 0.2) is 24.4 Å². The van der Waals surface area contributed by atoms with Gasteiger partial charge in [0.05, 0.1) is 11.7 Å². The van der Waals surface area contributed by atoms with Gasteiger partial charge in [0.2, 0.25) is 0 Å². The molecule has 38 heavy (non-hydrogen) atoms. The summed E-state index contributed by atoms with van der Waals surface area (Å²) >= 11 is 1.36. The summed E-state index contributed by atoms with van der Waals surface area (Å²) in [4.78, 5) is 14.1. The molecule has 13 heteroatoms. The van der Waals surface area contributed by atoms with Gasteiger partial charge in [0.25, 0.3) is 0 Å². The number of ether oxygens (including phenoxy) is 2. The van der Waals surface area contributed by atoms with E-state index in [-0.39, 0.29) is 19.5 Å². The fraction of sp³-hybridized carbons (Fsp3) is 0.600. The molecule has 0 spiro atoms. The van der Waals surface area contributed by atoms with Crippen LogP contribution in [0.2, 0.25) is 0 Å². The van der Waals surface area contributed by atoms with Crippen molar-refractivity contribution < 1.29 is 36.2 Å². The summed E-state index contributed by atoms with van der Waals surface area (Å²) in [5.41, 5.74) is 0.151. The Labute approximate surface area is 223 Å². The largest absolute Gasteiger partial charge is 0.444 e. The highest BCUT2D eigenvalue weighted by Crippen LogP contribution is 2.43. The Hall–Kier alpha value is -2.38. The Morgan fingerprint density at radius 3 is 2.45 bits per heavy atom. The van der Waals surface area contributed by atoms with Gasteiger partial charge < -0.3 is 14.8 Å². The lowest BCUT2D eigenvalue weighted by molar-refractivity contribution is -0.270. The van der Waals surface area contributed by atoms with Crippen molar-refractivity contribution in [1.82, 2.24) is 19.4 Å². The fourth-order valence-electron chi connectivity index (χ4n) is 4.58. The summed E-state index contributed by atoms with van der Waals surface area (Å²) in [5.74, 6) is -1.78. The van der Waals surface area contributed by atoms with Crippen LogP contribution in [-0.4, -0.2) is 56.4 Å². The molecule has 0 saturated carbocycles. The van der Waals surface area contributed by atoms with Crippen LogP contribution in [0.5, 0.6) is 0 Å². The molecule has 1 aromatic heterocycles. The first-order valence-corrected chi connectivity index (χ1v) is 13.5. The van der Waals surface area contributed by atoms with Gasteiger partial charge in [-0.25, -0.2) is 17.7 Å². The third-order valence-electron chi connectivity index (χ3n) is 6.03. The van der Waals surface area contributed by atoms with Gasteiger partial charge in [-0.1, -0.05) is 13.8 Å². The van der Waals surface area contributed by atoms with E-state index in [4.69, 9.17) is 9.47 Å². The van der Waals surface area contributed by atoms with Crippen LogP contribution in [0, 0.1) is 11.6 Å². The van der Waals surface area contributed by atoms with E-state index >= 15 is 0 Å². The third kappa shape index (κ3) is 6.97. The lowest BCUT2D eigenvalue weighted by Gasteiger charge is -2.45. The van der Waals surface area contributed by atoms with Crippen molar-refractivity contribution in [2.24, 2.45) is 0 Å². The van der Waals surface area contributed by atoms with Crippen molar-refractivity contribution in [2.75, 3.05) is 6.26 Å². The molecule has 2 aromatic rings. The molecule has 1 fully saturated rings. The monoisotopic (exact) mass is 564 g/mol. The maximum Gasteiger partial charge on any atom is 0.416 e. The quantitative estimate of drug-likeness (QED) is 0.461. The number of hydrogen-bond donors (Lipinski definition) is 1. The van der Waals surface area contributed by atoms with Crippen LogP contribution >= 0.6 is 11.9 Å². The molecule has 0 bridgehead atoms. The number of alkyl carbamates (subject to hydrolysis) is 1. The molecule has 3 unspecified atom stereocenters. The number of hydrogen-bond acceptors (Lipinski definition) is 6. The normalized spacial score (nSPS) is 23.9. The zero-order valence-electron chi connectivity index (χ0n) is 22.1. The molecule has 3 heterocycles. The molecule has 7 nitrogen and oxygen atoms in total. The Morgan fingerprint density at radius 2 is 1.87 bits per heavy atom. The van der Waals surface area contributed by atoms with Crippen LogP contribution in [0.4, 0.5) is 26.7 Å². The highest BCUT2D eigenvalue weighted by Gasteiger charge is 2.55.